The highest BCUT2D eigenvalue weighted by molar-refractivity contribution is 7.88. The monoisotopic (exact) mass is 288 g/mol. The van der Waals surface area contributed by atoms with Gasteiger partial charge in [0.15, 0.2) is 0 Å². The molecule has 0 saturated heterocycles. The molecule has 2 aliphatic carbocycles. The lowest BCUT2D eigenvalue weighted by Crippen LogP contribution is -2.38. The van der Waals surface area contributed by atoms with Crippen molar-refractivity contribution >= 4 is 10.0 Å². The molecular weight excluding hydrogens is 260 g/mol. The highest BCUT2D eigenvalue weighted by atomic mass is 32.2. The fraction of sp³-hybridized carbons (Fsp3) is 1.00. The van der Waals surface area contributed by atoms with E-state index in [1.54, 1.807) is 0 Å². The number of nitrogens with one attached hydrogen (secondary N) is 2. The second-order valence-electron chi connectivity index (χ2n) is 6.46. The van der Waals surface area contributed by atoms with Crippen LogP contribution in [0, 0.1) is 5.41 Å². The van der Waals surface area contributed by atoms with Gasteiger partial charge in [0, 0.05) is 12.6 Å². The molecule has 0 aromatic heterocycles. The van der Waals surface area contributed by atoms with Crippen LogP contribution in [-0.4, -0.2) is 33.8 Å². The number of hydrogen-bond acceptors (Lipinski definition) is 3. The Labute approximate surface area is 117 Å². The molecule has 2 saturated carbocycles. The van der Waals surface area contributed by atoms with E-state index >= 15 is 0 Å². The predicted molar refractivity (Wildman–Crippen MR) is 78.6 cm³/mol. The average Bonchev–Trinajstić information content (AvgIpc) is 2.79. The largest absolute Gasteiger partial charge is 0.314 e. The molecule has 0 atom stereocenters. The lowest BCUT2D eigenvalue weighted by Gasteiger charge is -2.37. The molecule has 2 rings (SSSR count). The van der Waals surface area contributed by atoms with E-state index in [4.69, 9.17) is 0 Å². The molecular formula is C14H28N2O2S. The maximum atomic E-state index is 10.9. The van der Waals surface area contributed by atoms with E-state index in [2.05, 4.69) is 10.0 Å². The van der Waals surface area contributed by atoms with Gasteiger partial charge in [-0.15, -0.1) is 0 Å². The van der Waals surface area contributed by atoms with Crippen LogP contribution >= 0.6 is 0 Å². The molecule has 112 valence electrons. The van der Waals surface area contributed by atoms with Gasteiger partial charge in [-0.1, -0.05) is 12.8 Å². The summed E-state index contributed by atoms with van der Waals surface area (Å²) in [6.07, 6.45) is 13.3. The van der Waals surface area contributed by atoms with Crippen LogP contribution < -0.4 is 10.0 Å². The topological polar surface area (TPSA) is 58.2 Å². The van der Waals surface area contributed by atoms with E-state index in [0.717, 1.165) is 13.0 Å². The highest BCUT2D eigenvalue weighted by Gasteiger charge is 2.37. The van der Waals surface area contributed by atoms with Gasteiger partial charge in [-0.2, -0.15) is 0 Å². The molecule has 4 nitrogen and oxygen atoms in total. The molecule has 0 bridgehead atoms. The van der Waals surface area contributed by atoms with Crippen LogP contribution in [0.3, 0.4) is 0 Å². The summed E-state index contributed by atoms with van der Waals surface area (Å²) in [5.41, 5.74) is 0.704. The molecule has 0 aromatic carbocycles. The van der Waals surface area contributed by atoms with Gasteiger partial charge in [0.05, 0.1) is 6.26 Å². The van der Waals surface area contributed by atoms with Crippen LogP contribution in [0.4, 0.5) is 0 Å². The van der Waals surface area contributed by atoms with Crippen molar-refractivity contribution in [2.24, 2.45) is 5.41 Å². The van der Waals surface area contributed by atoms with E-state index in [1.165, 1.54) is 57.6 Å². The van der Waals surface area contributed by atoms with Crippen molar-refractivity contribution in [3.05, 3.63) is 0 Å². The molecule has 0 aromatic rings. The van der Waals surface area contributed by atoms with Gasteiger partial charge < -0.3 is 5.32 Å². The van der Waals surface area contributed by atoms with Crippen LogP contribution in [0.15, 0.2) is 0 Å². The Morgan fingerprint density at radius 3 is 2.26 bits per heavy atom. The van der Waals surface area contributed by atoms with Crippen molar-refractivity contribution < 1.29 is 8.42 Å². The van der Waals surface area contributed by atoms with Gasteiger partial charge >= 0.3 is 0 Å². The highest BCUT2D eigenvalue weighted by Crippen LogP contribution is 2.48. The average molecular weight is 288 g/mol. The molecule has 2 aliphatic rings. The first kappa shape index (κ1) is 15.3. The summed E-state index contributed by atoms with van der Waals surface area (Å²) in [5.74, 6) is 0. The van der Waals surface area contributed by atoms with Crippen LogP contribution in [0.5, 0.6) is 0 Å². The molecule has 0 unspecified atom stereocenters. The number of sulfonamides is 1. The zero-order valence-corrected chi connectivity index (χ0v) is 12.9. The third kappa shape index (κ3) is 5.04. The molecule has 0 heterocycles. The summed E-state index contributed by atoms with van der Waals surface area (Å²) in [6.45, 7) is 1.46. The molecule has 0 aliphatic heterocycles. The zero-order chi connectivity index (χ0) is 13.8. The van der Waals surface area contributed by atoms with Crippen molar-refractivity contribution in [2.45, 2.75) is 63.8 Å². The van der Waals surface area contributed by atoms with Crippen LogP contribution in [0.1, 0.15) is 57.8 Å². The Morgan fingerprint density at radius 2 is 1.68 bits per heavy atom. The summed E-state index contributed by atoms with van der Waals surface area (Å²) >= 11 is 0. The van der Waals surface area contributed by atoms with Gasteiger partial charge in [-0.05, 0) is 56.9 Å². The first-order valence-corrected chi connectivity index (χ1v) is 9.56. The fourth-order valence-corrected chi connectivity index (χ4v) is 4.23. The minimum Gasteiger partial charge on any atom is -0.314 e. The minimum absolute atomic E-state index is 0.544. The van der Waals surface area contributed by atoms with Crippen LogP contribution in [0.25, 0.3) is 0 Å². The molecule has 5 heteroatoms. The summed E-state index contributed by atoms with van der Waals surface area (Å²) in [4.78, 5) is 0. The zero-order valence-electron chi connectivity index (χ0n) is 12.1. The fourth-order valence-electron chi connectivity index (χ4n) is 3.71. The van der Waals surface area contributed by atoms with Crippen molar-refractivity contribution in [2.75, 3.05) is 19.3 Å². The Kier molecular flexibility index (Phi) is 5.26. The predicted octanol–water partition coefficient (Wildman–Crippen LogP) is 2.02. The van der Waals surface area contributed by atoms with E-state index in [9.17, 15) is 8.42 Å². The van der Waals surface area contributed by atoms with Crippen molar-refractivity contribution in [3.63, 3.8) is 0 Å². The van der Waals surface area contributed by atoms with Crippen molar-refractivity contribution in [3.8, 4) is 0 Å². The Bertz CT molecular complexity index is 365. The second-order valence-corrected chi connectivity index (χ2v) is 8.29. The van der Waals surface area contributed by atoms with Gasteiger partial charge in [0.25, 0.3) is 0 Å². The third-order valence-corrected chi connectivity index (χ3v) is 5.59. The van der Waals surface area contributed by atoms with E-state index in [0.29, 0.717) is 18.0 Å². The molecule has 2 N–H and O–H groups in total. The smallest absolute Gasteiger partial charge is 0.208 e. The molecule has 0 amide bonds. The Morgan fingerprint density at radius 1 is 1.05 bits per heavy atom. The number of hydrogen-bond donors (Lipinski definition) is 2. The van der Waals surface area contributed by atoms with E-state index in [-0.39, 0.29) is 0 Å². The Balaban J connectivity index is 1.56. The standard InChI is InChI=1S/C14H28N2O2S/c1-19(17,18)16-12-4-11-15-13-5-9-14(10-6-13)7-2-3-8-14/h13,15-16H,2-12H2,1H3. The molecule has 1 spiro atoms. The number of rotatable bonds is 6. The van der Waals surface area contributed by atoms with Gasteiger partial charge in [-0.3, -0.25) is 0 Å². The van der Waals surface area contributed by atoms with Gasteiger partial charge in [-0.25, -0.2) is 13.1 Å². The lowest BCUT2D eigenvalue weighted by molar-refractivity contribution is 0.168. The minimum atomic E-state index is -3.02. The summed E-state index contributed by atoms with van der Waals surface area (Å²) in [6, 6.07) is 0.657. The molecule has 19 heavy (non-hydrogen) atoms. The third-order valence-electron chi connectivity index (χ3n) is 4.86. The lowest BCUT2D eigenvalue weighted by atomic mass is 9.71. The second kappa shape index (κ2) is 6.55. The maximum absolute atomic E-state index is 10.9. The molecule has 0 radical (unpaired) electrons. The molecule has 2 fully saturated rings. The van der Waals surface area contributed by atoms with E-state index in [1.807, 2.05) is 0 Å². The van der Waals surface area contributed by atoms with Crippen LogP contribution in [0.2, 0.25) is 0 Å². The Hall–Kier alpha value is -0.130. The first-order valence-electron chi connectivity index (χ1n) is 7.67. The summed E-state index contributed by atoms with van der Waals surface area (Å²) in [5, 5.41) is 3.58. The summed E-state index contributed by atoms with van der Waals surface area (Å²) in [7, 11) is -3.02. The van der Waals surface area contributed by atoms with Crippen molar-refractivity contribution in [1.29, 1.82) is 0 Å². The SMILES string of the molecule is CS(=O)(=O)NCCCNC1CCC2(CCCC2)CC1. The summed E-state index contributed by atoms with van der Waals surface area (Å²) < 4.78 is 24.3. The first-order chi connectivity index (χ1) is 8.99. The maximum Gasteiger partial charge on any atom is 0.208 e. The van der Waals surface area contributed by atoms with Crippen molar-refractivity contribution in [1.82, 2.24) is 10.0 Å². The van der Waals surface area contributed by atoms with Gasteiger partial charge in [0.1, 0.15) is 0 Å². The quantitative estimate of drug-likeness (QED) is 0.735. The normalized spacial score (nSPS) is 24.1. The van der Waals surface area contributed by atoms with Crippen LogP contribution in [-0.2, 0) is 10.0 Å². The van der Waals surface area contributed by atoms with Gasteiger partial charge in [0.2, 0.25) is 10.0 Å². The van der Waals surface area contributed by atoms with E-state index < -0.39 is 10.0 Å².